The first-order chi connectivity index (χ1) is 11.6. The highest BCUT2D eigenvalue weighted by atomic mass is 32.2. The van der Waals surface area contributed by atoms with Crippen LogP contribution in [0.15, 0.2) is 29.2 Å². The molecule has 1 aromatic carbocycles. The molecule has 2 aliphatic heterocycles. The molecule has 130 valence electrons. The summed E-state index contributed by atoms with van der Waals surface area (Å²) in [6, 6.07) is 8.14. The van der Waals surface area contributed by atoms with Gasteiger partial charge in [0.25, 0.3) is 0 Å². The zero-order valence-electron chi connectivity index (χ0n) is 14.1. The van der Waals surface area contributed by atoms with Gasteiger partial charge in [-0.15, -0.1) is 11.8 Å². The van der Waals surface area contributed by atoms with Crippen molar-refractivity contribution in [1.82, 2.24) is 15.5 Å². The number of aryl methyl sites for hydroxylation is 1. The normalized spacial score (nSPS) is 22.1. The van der Waals surface area contributed by atoms with Crippen LogP contribution in [0.2, 0.25) is 0 Å². The fraction of sp³-hybridized carbons (Fsp3) is 0.556. The van der Waals surface area contributed by atoms with Crippen molar-refractivity contribution in [3.05, 3.63) is 29.8 Å². The second kappa shape index (κ2) is 7.92. The first-order valence-corrected chi connectivity index (χ1v) is 9.56. The number of nitrogens with zero attached hydrogens (tertiary/aromatic N) is 1. The molecule has 2 saturated heterocycles. The van der Waals surface area contributed by atoms with Crippen molar-refractivity contribution in [1.29, 1.82) is 0 Å². The summed E-state index contributed by atoms with van der Waals surface area (Å²) in [4.78, 5) is 27.2. The summed E-state index contributed by atoms with van der Waals surface area (Å²) in [6.45, 7) is 4.32. The van der Waals surface area contributed by atoms with Crippen molar-refractivity contribution in [3.63, 3.8) is 0 Å². The third-order valence-electron chi connectivity index (χ3n) is 4.64. The molecule has 0 aliphatic carbocycles. The zero-order valence-corrected chi connectivity index (χ0v) is 14.9. The van der Waals surface area contributed by atoms with Gasteiger partial charge in [-0.3, -0.25) is 4.79 Å². The van der Waals surface area contributed by atoms with Crippen LogP contribution < -0.4 is 10.6 Å². The number of piperidine rings is 2. The Bertz CT molecular complexity index is 582. The average Bonchev–Trinajstić information content (AvgIpc) is 2.59. The predicted octanol–water partition coefficient (Wildman–Crippen LogP) is 2.54. The van der Waals surface area contributed by atoms with Crippen molar-refractivity contribution in [2.75, 3.05) is 19.6 Å². The lowest BCUT2D eigenvalue weighted by Gasteiger charge is -2.33. The van der Waals surface area contributed by atoms with E-state index in [0.29, 0.717) is 11.8 Å². The molecule has 6 heteroatoms. The van der Waals surface area contributed by atoms with Gasteiger partial charge in [-0.2, -0.15) is 0 Å². The SMILES string of the molecule is Cc1ccc(SC2CCN(C(=O)NC3CCCNC3=O)CC2)cc1. The maximum absolute atomic E-state index is 12.3. The lowest BCUT2D eigenvalue weighted by atomic mass is 10.1. The number of urea groups is 1. The zero-order chi connectivity index (χ0) is 16.9. The summed E-state index contributed by atoms with van der Waals surface area (Å²) in [5.74, 6) is -0.0561. The van der Waals surface area contributed by atoms with Crippen LogP contribution in [0.25, 0.3) is 0 Å². The predicted molar refractivity (Wildman–Crippen MR) is 96.2 cm³/mol. The van der Waals surface area contributed by atoms with E-state index in [0.717, 1.165) is 38.8 Å². The molecule has 3 rings (SSSR count). The Morgan fingerprint density at radius 3 is 2.58 bits per heavy atom. The van der Waals surface area contributed by atoms with Crippen molar-refractivity contribution < 1.29 is 9.59 Å². The van der Waals surface area contributed by atoms with Crippen LogP contribution in [0.5, 0.6) is 0 Å². The minimum Gasteiger partial charge on any atom is -0.354 e. The number of rotatable bonds is 3. The van der Waals surface area contributed by atoms with Crippen LogP contribution >= 0.6 is 11.8 Å². The minimum atomic E-state index is -0.370. The Balaban J connectivity index is 1.45. The van der Waals surface area contributed by atoms with Crippen molar-refractivity contribution in [2.45, 2.75) is 48.8 Å². The third-order valence-corrected chi connectivity index (χ3v) is 5.99. The van der Waals surface area contributed by atoms with E-state index in [9.17, 15) is 9.59 Å². The van der Waals surface area contributed by atoms with E-state index in [1.165, 1.54) is 10.5 Å². The van der Waals surface area contributed by atoms with Crippen LogP contribution in [-0.4, -0.2) is 47.8 Å². The Morgan fingerprint density at radius 2 is 1.92 bits per heavy atom. The highest BCUT2D eigenvalue weighted by molar-refractivity contribution is 8.00. The largest absolute Gasteiger partial charge is 0.354 e. The monoisotopic (exact) mass is 347 g/mol. The maximum Gasteiger partial charge on any atom is 0.318 e. The van der Waals surface area contributed by atoms with Gasteiger partial charge < -0.3 is 15.5 Å². The molecule has 0 spiro atoms. The molecule has 3 amide bonds. The second-order valence-corrected chi connectivity index (χ2v) is 7.93. The van der Waals surface area contributed by atoms with E-state index in [2.05, 4.69) is 41.8 Å². The summed E-state index contributed by atoms with van der Waals surface area (Å²) in [5, 5.41) is 6.23. The molecule has 2 N–H and O–H groups in total. The summed E-state index contributed by atoms with van der Waals surface area (Å²) >= 11 is 1.90. The standard InChI is InChI=1S/C18H25N3O2S/c1-13-4-6-14(7-5-13)24-15-8-11-21(12-9-15)18(23)20-16-3-2-10-19-17(16)22/h4-7,15-16H,2-3,8-12H2,1H3,(H,19,22)(H,20,23). The molecule has 0 bridgehead atoms. The highest BCUT2D eigenvalue weighted by Gasteiger charge is 2.28. The van der Waals surface area contributed by atoms with E-state index in [-0.39, 0.29) is 18.0 Å². The van der Waals surface area contributed by atoms with Crippen molar-refractivity contribution in [2.24, 2.45) is 0 Å². The molecule has 2 aliphatic rings. The Labute approximate surface area is 147 Å². The van der Waals surface area contributed by atoms with Crippen LogP contribution in [0.4, 0.5) is 4.79 Å². The maximum atomic E-state index is 12.3. The van der Waals surface area contributed by atoms with Crippen LogP contribution in [-0.2, 0) is 4.79 Å². The Kier molecular flexibility index (Phi) is 5.66. The molecule has 2 heterocycles. The number of benzene rings is 1. The number of hydrogen-bond donors (Lipinski definition) is 2. The van der Waals surface area contributed by atoms with Gasteiger partial charge in [-0.05, 0) is 44.7 Å². The summed E-state index contributed by atoms with van der Waals surface area (Å²) in [5.41, 5.74) is 1.28. The van der Waals surface area contributed by atoms with Gasteiger partial charge in [0.05, 0.1) is 0 Å². The van der Waals surface area contributed by atoms with Crippen molar-refractivity contribution in [3.8, 4) is 0 Å². The molecule has 0 aromatic heterocycles. The number of likely N-dealkylation sites (tertiary alicyclic amines) is 1. The first-order valence-electron chi connectivity index (χ1n) is 8.68. The number of amides is 3. The highest BCUT2D eigenvalue weighted by Crippen LogP contribution is 2.30. The minimum absolute atomic E-state index is 0.0561. The second-order valence-electron chi connectivity index (χ2n) is 6.55. The lowest BCUT2D eigenvalue weighted by molar-refractivity contribution is -0.124. The lowest BCUT2D eigenvalue weighted by Crippen LogP contribution is -2.54. The van der Waals surface area contributed by atoms with Gasteiger partial charge in [0.2, 0.25) is 5.91 Å². The van der Waals surface area contributed by atoms with Crippen LogP contribution in [0, 0.1) is 6.92 Å². The Morgan fingerprint density at radius 1 is 1.21 bits per heavy atom. The summed E-state index contributed by atoms with van der Waals surface area (Å²) in [6.07, 6.45) is 3.63. The number of thioether (sulfide) groups is 1. The van der Waals surface area contributed by atoms with Gasteiger partial charge in [0, 0.05) is 29.8 Å². The van der Waals surface area contributed by atoms with Crippen LogP contribution in [0.1, 0.15) is 31.2 Å². The topological polar surface area (TPSA) is 61.4 Å². The third kappa shape index (κ3) is 4.44. The number of nitrogens with one attached hydrogen (secondary N) is 2. The smallest absolute Gasteiger partial charge is 0.318 e. The van der Waals surface area contributed by atoms with Gasteiger partial charge in [-0.25, -0.2) is 4.79 Å². The fourth-order valence-electron chi connectivity index (χ4n) is 3.14. The van der Waals surface area contributed by atoms with E-state index in [1.807, 2.05) is 16.7 Å². The molecule has 1 unspecified atom stereocenters. The molecular formula is C18H25N3O2S. The fourth-order valence-corrected chi connectivity index (χ4v) is 4.26. The van der Waals surface area contributed by atoms with Gasteiger partial charge in [0.1, 0.15) is 6.04 Å². The summed E-state index contributed by atoms with van der Waals surface area (Å²) < 4.78 is 0. The van der Waals surface area contributed by atoms with Gasteiger partial charge in [0.15, 0.2) is 0 Å². The molecular weight excluding hydrogens is 322 g/mol. The molecule has 2 fully saturated rings. The molecule has 0 radical (unpaired) electrons. The molecule has 1 atom stereocenters. The molecule has 24 heavy (non-hydrogen) atoms. The first kappa shape index (κ1) is 17.1. The van der Waals surface area contributed by atoms with E-state index < -0.39 is 0 Å². The molecule has 5 nitrogen and oxygen atoms in total. The number of carbonyl (C=O) groups is 2. The van der Waals surface area contributed by atoms with Gasteiger partial charge in [-0.1, -0.05) is 17.7 Å². The number of hydrogen-bond acceptors (Lipinski definition) is 3. The molecule has 0 saturated carbocycles. The van der Waals surface area contributed by atoms with Crippen LogP contribution in [0.3, 0.4) is 0 Å². The van der Waals surface area contributed by atoms with Crippen molar-refractivity contribution >= 4 is 23.7 Å². The van der Waals surface area contributed by atoms with E-state index in [1.54, 1.807) is 0 Å². The summed E-state index contributed by atoms with van der Waals surface area (Å²) in [7, 11) is 0. The van der Waals surface area contributed by atoms with E-state index >= 15 is 0 Å². The van der Waals surface area contributed by atoms with Gasteiger partial charge >= 0.3 is 6.03 Å². The quantitative estimate of drug-likeness (QED) is 0.883. The number of carbonyl (C=O) groups excluding carboxylic acids is 2. The molecule has 1 aromatic rings. The Hall–Kier alpha value is -1.69. The average molecular weight is 347 g/mol. The van der Waals surface area contributed by atoms with E-state index in [4.69, 9.17) is 0 Å².